The molecular formula is C22H28N2O2. The fourth-order valence-electron chi connectivity index (χ4n) is 4.64. The molecule has 0 radical (unpaired) electrons. The first kappa shape index (κ1) is 17.5. The Hall–Kier alpha value is -1.94. The van der Waals surface area contributed by atoms with Crippen LogP contribution in [0.15, 0.2) is 36.4 Å². The van der Waals surface area contributed by atoms with Crippen LogP contribution in [0.4, 0.5) is 0 Å². The third-order valence-electron chi connectivity index (χ3n) is 6.29. The second kappa shape index (κ2) is 6.99. The maximum atomic E-state index is 13.0. The smallest absolute Gasteiger partial charge is 0.228 e. The summed E-state index contributed by atoms with van der Waals surface area (Å²) in [7, 11) is 0. The molecule has 2 aromatic rings. The highest BCUT2D eigenvalue weighted by molar-refractivity contribution is 5.83. The monoisotopic (exact) mass is 352 g/mol. The van der Waals surface area contributed by atoms with Gasteiger partial charge in [-0.2, -0.15) is 0 Å². The van der Waals surface area contributed by atoms with Gasteiger partial charge in [-0.15, -0.1) is 0 Å². The van der Waals surface area contributed by atoms with Gasteiger partial charge in [-0.05, 0) is 31.4 Å². The lowest BCUT2D eigenvalue weighted by atomic mass is 9.74. The molecule has 4 heteroatoms. The topological polar surface area (TPSA) is 53.4 Å². The zero-order valence-corrected chi connectivity index (χ0v) is 15.5. The number of benzene rings is 1. The van der Waals surface area contributed by atoms with Gasteiger partial charge in [-0.3, -0.25) is 9.78 Å². The lowest BCUT2D eigenvalue weighted by Gasteiger charge is -2.35. The first-order valence-corrected chi connectivity index (χ1v) is 9.87. The third kappa shape index (κ3) is 3.35. The molecule has 4 rings (SSSR count). The fraction of sp³-hybridized carbons (Fsp3) is 0.545. The molecule has 4 nitrogen and oxygen atoms in total. The van der Waals surface area contributed by atoms with Gasteiger partial charge >= 0.3 is 0 Å². The van der Waals surface area contributed by atoms with Crippen molar-refractivity contribution in [1.29, 1.82) is 0 Å². The summed E-state index contributed by atoms with van der Waals surface area (Å²) in [6.07, 6.45) is 5.74. The second-order valence-electron chi connectivity index (χ2n) is 8.36. The third-order valence-corrected chi connectivity index (χ3v) is 6.29. The highest BCUT2D eigenvalue weighted by Crippen LogP contribution is 2.38. The SMILES string of the molecule is CC1(C(=O)N2CC(O)C(Cc3ccc4ccccc4n3)C2)CCCCC1. The van der Waals surface area contributed by atoms with Crippen LogP contribution in [0.5, 0.6) is 0 Å². The Morgan fingerprint density at radius 2 is 1.92 bits per heavy atom. The molecule has 2 fully saturated rings. The quantitative estimate of drug-likeness (QED) is 0.919. The van der Waals surface area contributed by atoms with Crippen molar-refractivity contribution in [2.75, 3.05) is 13.1 Å². The number of hydrogen-bond donors (Lipinski definition) is 1. The number of para-hydroxylation sites is 1. The number of amides is 1. The molecule has 1 saturated carbocycles. The van der Waals surface area contributed by atoms with Gasteiger partial charge in [0.05, 0.1) is 11.6 Å². The first-order valence-electron chi connectivity index (χ1n) is 9.87. The van der Waals surface area contributed by atoms with Crippen molar-refractivity contribution in [3.63, 3.8) is 0 Å². The van der Waals surface area contributed by atoms with Crippen molar-refractivity contribution < 1.29 is 9.90 Å². The molecule has 0 spiro atoms. The predicted molar refractivity (Wildman–Crippen MR) is 103 cm³/mol. The van der Waals surface area contributed by atoms with E-state index in [1.165, 1.54) is 6.42 Å². The van der Waals surface area contributed by atoms with Crippen molar-refractivity contribution in [3.05, 3.63) is 42.1 Å². The number of likely N-dealkylation sites (tertiary alicyclic amines) is 1. The van der Waals surface area contributed by atoms with Crippen molar-refractivity contribution in [2.24, 2.45) is 11.3 Å². The summed E-state index contributed by atoms with van der Waals surface area (Å²) in [4.78, 5) is 19.7. The standard InChI is InChI=1S/C22H28N2O2/c1-22(11-5-2-6-12-22)21(26)24-14-17(20(25)15-24)13-18-10-9-16-7-3-4-8-19(16)23-18/h3-4,7-10,17,20,25H,2,5-6,11-15H2,1H3. The molecule has 26 heavy (non-hydrogen) atoms. The van der Waals surface area contributed by atoms with Crippen LogP contribution in [-0.4, -0.2) is 40.1 Å². The molecule has 1 amide bonds. The Kier molecular flexibility index (Phi) is 4.70. The lowest BCUT2D eigenvalue weighted by molar-refractivity contribution is -0.142. The van der Waals surface area contributed by atoms with Gasteiger partial charge in [0.25, 0.3) is 0 Å². The maximum Gasteiger partial charge on any atom is 0.228 e. The maximum absolute atomic E-state index is 13.0. The van der Waals surface area contributed by atoms with E-state index in [0.29, 0.717) is 19.5 Å². The van der Waals surface area contributed by atoms with Crippen LogP contribution >= 0.6 is 0 Å². The molecule has 1 aromatic carbocycles. The highest BCUT2D eigenvalue weighted by atomic mass is 16.3. The molecule has 1 aliphatic carbocycles. The van der Waals surface area contributed by atoms with E-state index < -0.39 is 6.10 Å². The second-order valence-corrected chi connectivity index (χ2v) is 8.36. The van der Waals surface area contributed by atoms with E-state index in [9.17, 15) is 9.90 Å². The molecule has 1 aromatic heterocycles. The van der Waals surface area contributed by atoms with E-state index in [1.54, 1.807) is 0 Å². The summed E-state index contributed by atoms with van der Waals surface area (Å²) in [5, 5.41) is 11.7. The summed E-state index contributed by atoms with van der Waals surface area (Å²) in [5.41, 5.74) is 1.75. The van der Waals surface area contributed by atoms with E-state index >= 15 is 0 Å². The number of fused-ring (bicyclic) bond motifs is 1. The number of nitrogens with zero attached hydrogens (tertiary/aromatic N) is 2. The number of hydrogen-bond acceptors (Lipinski definition) is 3. The summed E-state index contributed by atoms with van der Waals surface area (Å²) in [5.74, 6) is 0.310. The Morgan fingerprint density at radius 3 is 2.73 bits per heavy atom. The van der Waals surface area contributed by atoms with E-state index in [0.717, 1.165) is 42.3 Å². The Balaban J connectivity index is 1.45. The van der Waals surface area contributed by atoms with Crippen LogP contribution in [0.3, 0.4) is 0 Å². The zero-order chi connectivity index (χ0) is 18.1. The molecule has 1 aliphatic heterocycles. The number of carbonyl (C=O) groups is 1. The Labute approximate surface area is 155 Å². The molecule has 1 saturated heterocycles. The van der Waals surface area contributed by atoms with Crippen LogP contribution in [0.25, 0.3) is 10.9 Å². The average molecular weight is 352 g/mol. The van der Waals surface area contributed by atoms with Crippen molar-refractivity contribution in [2.45, 2.75) is 51.6 Å². The number of rotatable bonds is 3. The summed E-state index contributed by atoms with van der Waals surface area (Å²) < 4.78 is 0. The predicted octanol–water partition coefficient (Wildman–Crippen LogP) is 3.57. The molecule has 2 aliphatic rings. The summed E-state index contributed by atoms with van der Waals surface area (Å²) in [6.45, 7) is 3.22. The lowest BCUT2D eigenvalue weighted by Crippen LogP contribution is -2.42. The van der Waals surface area contributed by atoms with Gasteiger partial charge in [0.15, 0.2) is 0 Å². The van der Waals surface area contributed by atoms with Crippen molar-refractivity contribution in [1.82, 2.24) is 9.88 Å². The zero-order valence-electron chi connectivity index (χ0n) is 15.5. The van der Waals surface area contributed by atoms with E-state index in [2.05, 4.69) is 19.1 Å². The largest absolute Gasteiger partial charge is 0.391 e. The van der Waals surface area contributed by atoms with E-state index in [1.807, 2.05) is 29.2 Å². The number of carbonyl (C=O) groups excluding carboxylic acids is 1. The first-order chi connectivity index (χ1) is 12.5. The number of aliphatic hydroxyl groups excluding tert-OH is 1. The summed E-state index contributed by atoms with van der Waals surface area (Å²) >= 11 is 0. The van der Waals surface area contributed by atoms with Gasteiger partial charge in [0, 0.05) is 35.5 Å². The molecule has 2 heterocycles. The molecule has 0 bridgehead atoms. The van der Waals surface area contributed by atoms with Crippen LogP contribution in [-0.2, 0) is 11.2 Å². The van der Waals surface area contributed by atoms with Gasteiger partial charge in [-0.25, -0.2) is 0 Å². The van der Waals surface area contributed by atoms with Gasteiger partial charge in [0.1, 0.15) is 0 Å². The minimum Gasteiger partial charge on any atom is -0.391 e. The van der Waals surface area contributed by atoms with Crippen LogP contribution in [0.2, 0.25) is 0 Å². The molecule has 2 atom stereocenters. The van der Waals surface area contributed by atoms with Crippen LogP contribution in [0, 0.1) is 11.3 Å². The average Bonchev–Trinajstić information content (AvgIpc) is 3.02. The van der Waals surface area contributed by atoms with Gasteiger partial charge in [0.2, 0.25) is 5.91 Å². The Morgan fingerprint density at radius 1 is 1.15 bits per heavy atom. The van der Waals surface area contributed by atoms with Crippen LogP contribution in [0.1, 0.15) is 44.7 Å². The Bertz CT molecular complexity index is 798. The number of aromatic nitrogens is 1. The minimum absolute atomic E-state index is 0.0693. The van der Waals surface area contributed by atoms with Gasteiger partial charge < -0.3 is 10.0 Å². The molecule has 138 valence electrons. The number of pyridine rings is 1. The number of β-amino-alcohol motifs (C(OH)–C–C–N with tert-alkyl or cyclic N) is 1. The van der Waals surface area contributed by atoms with Gasteiger partial charge in [-0.1, -0.05) is 50.5 Å². The van der Waals surface area contributed by atoms with Crippen LogP contribution < -0.4 is 0 Å². The summed E-state index contributed by atoms with van der Waals surface area (Å²) in [6, 6.07) is 12.2. The van der Waals surface area contributed by atoms with E-state index in [4.69, 9.17) is 4.98 Å². The van der Waals surface area contributed by atoms with Crippen molar-refractivity contribution >= 4 is 16.8 Å². The fourth-order valence-corrected chi connectivity index (χ4v) is 4.64. The van der Waals surface area contributed by atoms with E-state index in [-0.39, 0.29) is 17.2 Å². The molecule has 1 N–H and O–H groups in total. The minimum atomic E-state index is -0.459. The molecule has 2 unspecified atom stereocenters. The highest BCUT2D eigenvalue weighted by Gasteiger charge is 2.42. The number of aliphatic hydroxyl groups is 1. The van der Waals surface area contributed by atoms with Crippen molar-refractivity contribution in [3.8, 4) is 0 Å². The molecular weight excluding hydrogens is 324 g/mol. The normalized spacial score (nSPS) is 25.5.